The number of nitrogens with one attached hydrogen (secondary N) is 2. The largest absolute Gasteiger partial charge is 0.370 e. The van der Waals surface area contributed by atoms with Gasteiger partial charge in [-0.05, 0) is 39.8 Å². The third-order valence-corrected chi connectivity index (χ3v) is 3.26. The first kappa shape index (κ1) is 13.1. The molecule has 1 aromatic heterocycles. The van der Waals surface area contributed by atoms with E-state index in [-0.39, 0.29) is 0 Å². The molecule has 1 fully saturated rings. The molecule has 5 heteroatoms. The summed E-state index contributed by atoms with van der Waals surface area (Å²) in [5, 5.41) is 6.65. The molecule has 1 unspecified atom stereocenters. The summed E-state index contributed by atoms with van der Waals surface area (Å²) >= 11 is 0. The molecule has 0 bridgehead atoms. The normalized spacial score (nSPS) is 20.1. The average molecular weight is 249 g/mol. The number of rotatable bonds is 5. The minimum absolute atomic E-state index is 0.729. The Morgan fingerprint density at radius 3 is 2.67 bits per heavy atom. The van der Waals surface area contributed by atoms with Crippen LogP contribution in [0.25, 0.3) is 0 Å². The summed E-state index contributed by atoms with van der Waals surface area (Å²) in [6.07, 6.45) is 1.27. The van der Waals surface area contributed by atoms with Gasteiger partial charge in [0.05, 0.1) is 0 Å². The van der Waals surface area contributed by atoms with Crippen LogP contribution in [0.5, 0.6) is 0 Å². The lowest BCUT2D eigenvalue weighted by atomic mass is 10.1. The second-order valence-corrected chi connectivity index (χ2v) is 5.01. The van der Waals surface area contributed by atoms with Crippen molar-refractivity contribution < 1.29 is 0 Å². The van der Waals surface area contributed by atoms with Crippen molar-refractivity contribution in [3.63, 3.8) is 0 Å². The summed E-state index contributed by atoms with van der Waals surface area (Å²) in [6, 6.07) is 1.98. The van der Waals surface area contributed by atoms with Gasteiger partial charge in [0.2, 0.25) is 0 Å². The number of hydrogen-bond donors (Lipinski definition) is 2. The minimum Gasteiger partial charge on any atom is -0.370 e. The van der Waals surface area contributed by atoms with Crippen molar-refractivity contribution in [2.24, 2.45) is 5.92 Å². The molecule has 100 valence electrons. The van der Waals surface area contributed by atoms with Crippen LogP contribution in [0.15, 0.2) is 6.07 Å². The minimum atomic E-state index is 0.729. The molecule has 0 amide bonds. The first-order chi connectivity index (χ1) is 8.67. The summed E-state index contributed by atoms with van der Waals surface area (Å²) in [5.74, 6) is 3.36. The highest BCUT2D eigenvalue weighted by Gasteiger charge is 2.19. The van der Waals surface area contributed by atoms with Crippen LogP contribution in [0.1, 0.15) is 19.2 Å². The van der Waals surface area contributed by atoms with Gasteiger partial charge in [-0.25, -0.2) is 9.97 Å². The molecule has 0 radical (unpaired) electrons. The topological polar surface area (TPSA) is 53.1 Å². The molecule has 0 aliphatic carbocycles. The number of aromatic nitrogens is 2. The molecule has 0 aromatic carbocycles. The van der Waals surface area contributed by atoms with Crippen LogP contribution in [0.4, 0.5) is 11.6 Å². The second-order valence-electron chi connectivity index (χ2n) is 5.01. The first-order valence-corrected chi connectivity index (χ1v) is 6.69. The van der Waals surface area contributed by atoms with Gasteiger partial charge in [-0.15, -0.1) is 0 Å². The van der Waals surface area contributed by atoms with Crippen LogP contribution in [-0.4, -0.2) is 48.1 Å². The van der Waals surface area contributed by atoms with Crippen molar-refractivity contribution in [2.75, 3.05) is 43.9 Å². The highest BCUT2D eigenvalue weighted by molar-refractivity contribution is 5.47. The van der Waals surface area contributed by atoms with E-state index in [0.717, 1.165) is 36.5 Å². The number of nitrogens with zero attached hydrogens (tertiary/aromatic N) is 3. The van der Waals surface area contributed by atoms with E-state index < -0.39 is 0 Å². The smallest absolute Gasteiger partial charge is 0.131 e. The van der Waals surface area contributed by atoms with Crippen molar-refractivity contribution in [3.05, 3.63) is 11.9 Å². The fourth-order valence-corrected chi connectivity index (χ4v) is 2.37. The van der Waals surface area contributed by atoms with Crippen LogP contribution in [0.2, 0.25) is 0 Å². The Morgan fingerprint density at radius 1 is 1.33 bits per heavy atom. The van der Waals surface area contributed by atoms with Crippen LogP contribution >= 0.6 is 0 Å². The van der Waals surface area contributed by atoms with E-state index in [1.54, 1.807) is 0 Å². The van der Waals surface area contributed by atoms with Gasteiger partial charge in [-0.3, -0.25) is 0 Å². The molecular formula is C13H23N5. The van der Waals surface area contributed by atoms with Crippen LogP contribution < -0.4 is 10.6 Å². The summed E-state index contributed by atoms with van der Waals surface area (Å²) in [5.41, 5.74) is 0. The lowest BCUT2D eigenvalue weighted by Gasteiger charge is -2.13. The molecule has 1 saturated heterocycles. The highest BCUT2D eigenvalue weighted by Crippen LogP contribution is 2.16. The van der Waals surface area contributed by atoms with E-state index in [9.17, 15) is 0 Å². The predicted molar refractivity (Wildman–Crippen MR) is 75.0 cm³/mol. The van der Waals surface area contributed by atoms with Crippen molar-refractivity contribution >= 4 is 11.6 Å². The molecule has 1 aliphatic rings. The summed E-state index contributed by atoms with van der Waals surface area (Å²) in [7, 11) is 2.18. The number of likely N-dealkylation sites (tertiary alicyclic amines) is 1. The Balaban J connectivity index is 1.92. The molecular weight excluding hydrogens is 226 g/mol. The lowest BCUT2D eigenvalue weighted by molar-refractivity contribution is 0.399. The van der Waals surface area contributed by atoms with Crippen LogP contribution in [0.3, 0.4) is 0 Å². The van der Waals surface area contributed by atoms with Gasteiger partial charge in [-0.1, -0.05) is 0 Å². The molecule has 2 N–H and O–H groups in total. The summed E-state index contributed by atoms with van der Waals surface area (Å²) in [6.45, 7) is 8.25. The van der Waals surface area contributed by atoms with Crippen molar-refractivity contribution in [1.82, 2.24) is 14.9 Å². The zero-order valence-electron chi connectivity index (χ0n) is 11.5. The Labute approximate surface area is 109 Å². The van der Waals surface area contributed by atoms with Gasteiger partial charge in [-0.2, -0.15) is 0 Å². The second kappa shape index (κ2) is 6.00. The van der Waals surface area contributed by atoms with Crippen molar-refractivity contribution in [1.29, 1.82) is 0 Å². The van der Waals surface area contributed by atoms with E-state index in [1.807, 2.05) is 13.0 Å². The Kier molecular flexibility index (Phi) is 4.36. The Morgan fingerprint density at radius 2 is 2.06 bits per heavy atom. The van der Waals surface area contributed by atoms with Gasteiger partial charge < -0.3 is 15.5 Å². The molecule has 1 aromatic rings. The van der Waals surface area contributed by atoms with Gasteiger partial charge >= 0.3 is 0 Å². The van der Waals surface area contributed by atoms with Gasteiger partial charge in [0.25, 0.3) is 0 Å². The number of anilines is 2. The summed E-state index contributed by atoms with van der Waals surface area (Å²) < 4.78 is 0. The lowest BCUT2D eigenvalue weighted by Crippen LogP contribution is -2.19. The third kappa shape index (κ3) is 3.57. The van der Waals surface area contributed by atoms with Gasteiger partial charge in [0, 0.05) is 25.7 Å². The zero-order valence-corrected chi connectivity index (χ0v) is 11.5. The molecule has 0 saturated carbocycles. The highest BCUT2D eigenvalue weighted by atomic mass is 15.1. The molecule has 18 heavy (non-hydrogen) atoms. The van der Waals surface area contributed by atoms with E-state index >= 15 is 0 Å². The van der Waals surface area contributed by atoms with Crippen molar-refractivity contribution in [2.45, 2.75) is 20.3 Å². The molecule has 2 heterocycles. The number of aryl methyl sites for hydroxylation is 1. The van der Waals surface area contributed by atoms with Crippen LogP contribution in [-0.2, 0) is 0 Å². The fourth-order valence-electron chi connectivity index (χ4n) is 2.37. The fraction of sp³-hybridized carbons (Fsp3) is 0.692. The standard InChI is InChI=1S/C13H23N5/c1-4-14-12-7-13(17-10(2)16-12)15-8-11-5-6-18(3)9-11/h7,11H,4-6,8-9H2,1-3H3,(H2,14,15,16,17). The van der Waals surface area contributed by atoms with Crippen LogP contribution in [0, 0.1) is 12.8 Å². The molecule has 0 spiro atoms. The SMILES string of the molecule is CCNc1cc(NCC2CCN(C)C2)nc(C)n1. The van der Waals surface area contributed by atoms with E-state index in [1.165, 1.54) is 19.5 Å². The zero-order chi connectivity index (χ0) is 13.0. The van der Waals surface area contributed by atoms with E-state index in [4.69, 9.17) is 0 Å². The van der Waals surface area contributed by atoms with E-state index in [0.29, 0.717) is 0 Å². The Bertz CT molecular complexity index is 393. The molecule has 1 atom stereocenters. The maximum atomic E-state index is 4.42. The molecule has 2 rings (SSSR count). The predicted octanol–water partition coefficient (Wildman–Crippen LogP) is 1.58. The maximum absolute atomic E-state index is 4.42. The number of hydrogen-bond acceptors (Lipinski definition) is 5. The quantitative estimate of drug-likeness (QED) is 0.830. The first-order valence-electron chi connectivity index (χ1n) is 6.69. The third-order valence-electron chi connectivity index (χ3n) is 3.26. The molecule has 1 aliphatic heterocycles. The van der Waals surface area contributed by atoms with E-state index in [2.05, 4.69) is 39.5 Å². The summed E-state index contributed by atoms with van der Waals surface area (Å²) in [4.78, 5) is 11.1. The average Bonchev–Trinajstić information content (AvgIpc) is 2.72. The maximum Gasteiger partial charge on any atom is 0.131 e. The van der Waals surface area contributed by atoms with Crippen molar-refractivity contribution in [3.8, 4) is 0 Å². The Hall–Kier alpha value is -1.36. The molecule has 5 nitrogen and oxygen atoms in total. The van der Waals surface area contributed by atoms with Gasteiger partial charge in [0.15, 0.2) is 0 Å². The monoisotopic (exact) mass is 249 g/mol. The van der Waals surface area contributed by atoms with Gasteiger partial charge in [0.1, 0.15) is 17.5 Å².